The molecule has 9 rings (SSSR count). The molecular weight excluding hydrogens is 548 g/mol. The molecule has 0 aliphatic rings. The van der Waals surface area contributed by atoms with E-state index < -0.39 is 0 Å². The summed E-state index contributed by atoms with van der Waals surface area (Å²) in [4.78, 5) is 9.90. The molecule has 3 aromatic heterocycles. The maximum absolute atomic E-state index is 6.48. The molecule has 0 amide bonds. The molecule has 210 valence electrons. The van der Waals surface area contributed by atoms with Crippen LogP contribution in [0.25, 0.3) is 88.4 Å². The summed E-state index contributed by atoms with van der Waals surface area (Å²) in [5, 5.41) is 4.39. The van der Waals surface area contributed by atoms with Crippen LogP contribution in [0.2, 0.25) is 0 Å². The Balaban J connectivity index is 1.26. The highest BCUT2D eigenvalue weighted by Crippen LogP contribution is 2.39. The summed E-state index contributed by atoms with van der Waals surface area (Å²) < 4.78 is 6.48. The largest absolute Gasteiger partial charge is 0.455 e. The fourth-order valence-electron chi connectivity index (χ4n) is 6.44. The Morgan fingerprint density at radius 3 is 1.96 bits per heavy atom. The standard InChI is InChI=1S/C42H26N2O/c1-2-8-27(9-3-1)28-15-17-29(18-16-28)32-24-33(35-12-6-13-37-36-11-4-5-14-39(36)45-42(35)37)26-34(25-32)38-22-21-31-20-19-30-10-7-23-43-40(30)41(31)44-38/h1-26H. The molecule has 0 aliphatic carbocycles. The third kappa shape index (κ3) is 4.37. The molecule has 0 atom stereocenters. The highest BCUT2D eigenvalue weighted by Gasteiger charge is 2.15. The second kappa shape index (κ2) is 10.3. The van der Waals surface area contributed by atoms with Gasteiger partial charge in [-0.2, -0.15) is 0 Å². The van der Waals surface area contributed by atoms with Crippen molar-refractivity contribution >= 4 is 43.7 Å². The minimum absolute atomic E-state index is 0.892. The summed E-state index contributed by atoms with van der Waals surface area (Å²) in [6.45, 7) is 0. The molecule has 0 unspecified atom stereocenters. The van der Waals surface area contributed by atoms with Crippen molar-refractivity contribution in [2.75, 3.05) is 0 Å². The molecule has 3 heteroatoms. The third-order valence-electron chi connectivity index (χ3n) is 8.70. The first kappa shape index (κ1) is 25.4. The smallest absolute Gasteiger partial charge is 0.143 e. The topological polar surface area (TPSA) is 38.9 Å². The van der Waals surface area contributed by atoms with Gasteiger partial charge >= 0.3 is 0 Å². The summed E-state index contributed by atoms with van der Waals surface area (Å²) in [6.07, 6.45) is 1.84. The third-order valence-corrected chi connectivity index (χ3v) is 8.70. The van der Waals surface area contributed by atoms with Gasteiger partial charge in [-0.05, 0) is 64.2 Å². The molecule has 3 heterocycles. The van der Waals surface area contributed by atoms with Crippen LogP contribution in [0.1, 0.15) is 0 Å². The number of benzene rings is 6. The highest BCUT2D eigenvalue weighted by molar-refractivity contribution is 6.10. The molecule has 0 spiro atoms. The van der Waals surface area contributed by atoms with E-state index in [0.717, 1.165) is 77.3 Å². The van der Waals surface area contributed by atoms with E-state index in [1.165, 1.54) is 11.1 Å². The molecule has 3 nitrogen and oxygen atoms in total. The number of furan rings is 1. The molecule has 0 radical (unpaired) electrons. The summed E-state index contributed by atoms with van der Waals surface area (Å²) in [5.41, 5.74) is 12.3. The molecule has 0 N–H and O–H groups in total. The van der Waals surface area contributed by atoms with Gasteiger partial charge < -0.3 is 4.42 Å². The van der Waals surface area contributed by atoms with Crippen molar-refractivity contribution in [3.63, 3.8) is 0 Å². The molecule has 0 bridgehead atoms. The van der Waals surface area contributed by atoms with Gasteiger partial charge in [-0.25, -0.2) is 4.98 Å². The lowest BCUT2D eigenvalue weighted by atomic mass is 9.93. The number of hydrogen-bond acceptors (Lipinski definition) is 3. The molecule has 9 aromatic rings. The van der Waals surface area contributed by atoms with Crippen molar-refractivity contribution in [3.05, 3.63) is 158 Å². The second-order valence-corrected chi connectivity index (χ2v) is 11.4. The quantitative estimate of drug-likeness (QED) is 0.196. The van der Waals surface area contributed by atoms with Crippen LogP contribution in [0.4, 0.5) is 0 Å². The van der Waals surface area contributed by atoms with Crippen LogP contribution in [0.15, 0.2) is 162 Å². The molecule has 0 saturated carbocycles. The molecule has 6 aromatic carbocycles. The van der Waals surface area contributed by atoms with E-state index in [1.54, 1.807) is 0 Å². The van der Waals surface area contributed by atoms with E-state index in [0.29, 0.717) is 0 Å². The van der Waals surface area contributed by atoms with Gasteiger partial charge in [-0.1, -0.05) is 115 Å². The van der Waals surface area contributed by atoms with Gasteiger partial charge in [0.15, 0.2) is 0 Å². The van der Waals surface area contributed by atoms with E-state index in [1.807, 2.05) is 30.5 Å². The summed E-state index contributed by atoms with van der Waals surface area (Å²) >= 11 is 0. The van der Waals surface area contributed by atoms with Gasteiger partial charge in [-0.15, -0.1) is 0 Å². The average molecular weight is 575 g/mol. The lowest BCUT2D eigenvalue weighted by Crippen LogP contribution is -1.91. The Hall–Kier alpha value is -6.06. The lowest BCUT2D eigenvalue weighted by Gasteiger charge is -2.13. The van der Waals surface area contributed by atoms with E-state index in [2.05, 4.69) is 132 Å². The van der Waals surface area contributed by atoms with Crippen molar-refractivity contribution in [2.24, 2.45) is 0 Å². The summed E-state index contributed by atoms with van der Waals surface area (Å²) in [7, 11) is 0. The lowest BCUT2D eigenvalue weighted by molar-refractivity contribution is 0.670. The van der Waals surface area contributed by atoms with Crippen LogP contribution < -0.4 is 0 Å². The van der Waals surface area contributed by atoms with Crippen molar-refractivity contribution in [1.29, 1.82) is 0 Å². The maximum atomic E-state index is 6.48. The fourth-order valence-corrected chi connectivity index (χ4v) is 6.44. The first-order valence-electron chi connectivity index (χ1n) is 15.1. The molecule has 0 saturated heterocycles. The molecule has 45 heavy (non-hydrogen) atoms. The maximum Gasteiger partial charge on any atom is 0.143 e. The monoisotopic (exact) mass is 574 g/mol. The average Bonchev–Trinajstić information content (AvgIpc) is 3.51. The van der Waals surface area contributed by atoms with Crippen LogP contribution in [-0.4, -0.2) is 9.97 Å². The number of para-hydroxylation sites is 2. The Morgan fingerprint density at radius 1 is 0.422 bits per heavy atom. The first-order chi connectivity index (χ1) is 22.3. The predicted octanol–water partition coefficient (Wildman–Crippen LogP) is 11.4. The van der Waals surface area contributed by atoms with Crippen molar-refractivity contribution in [2.45, 2.75) is 0 Å². The Kier molecular flexibility index (Phi) is 5.82. The van der Waals surface area contributed by atoms with E-state index >= 15 is 0 Å². The Morgan fingerprint density at radius 2 is 1.09 bits per heavy atom. The number of nitrogens with zero attached hydrogens (tertiary/aromatic N) is 2. The summed E-state index contributed by atoms with van der Waals surface area (Å²) in [6, 6.07) is 53.2. The van der Waals surface area contributed by atoms with Crippen LogP contribution in [0.3, 0.4) is 0 Å². The van der Waals surface area contributed by atoms with Gasteiger partial charge in [0.1, 0.15) is 11.2 Å². The number of rotatable bonds is 4. The zero-order chi connectivity index (χ0) is 29.7. The molecular formula is C42H26N2O. The van der Waals surface area contributed by atoms with Crippen LogP contribution in [-0.2, 0) is 0 Å². The molecule has 0 fully saturated rings. The van der Waals surface area contributed by atoms with Crippen molar-refractivity contribution in [3.8, 4) is 44.6 Å². The zero-order valence-corrected chi connectivity index (χ0v) is 24.3. The van der Waals surface area contributed by atoms with E-state index in [9.17, 15) is 0 Å². The fraction of sp³-hybridized carbons (Fsp3) is 0. The summed E-state index contributed by atoms with van der Waals surface area (Å²) in [5.74, 6) is 0. The number of fused-ring (bicyclic) bond motifs is 6. The van der Waals surface area contributed by atoms with E-state index in [4.69, 9.17) is 9.40 Å². The Labute approximate surface area is 260 Å². The zero-order valence-electron chi connectivity index (χ0n) is 24.3. The van der Waals surface area contributed by atoms with Gasteiger partial charge in [-0.3, -0.25) is 4.98 Å². The minimum atomic E-state index is 0.892. The van der Waals surface area contributed by atoms with Gasteiger partial charge in [0.2, 0.25) is 0 Å². The van der Waals surface area contributed by atoms with Crippen molar-refractivity contribution < 1.29 is 4.42 Å². The first-order valence-corrected chi connectivity index (χ1v) is 15.1. The molecule has 0 aliphatic heterocycles. The van der Waals surface area contributed by atoms with Crippen LogP contribution in [0, 0.1) is 0 Å². The van der Waals surface area contributed by atoms with Crippen molar-refractivity contribution in [1.82, 2.24) is 9.97 Å². The second-order valence-electron chi connectivity index (χ2n) is 11.4. The Bertz CT molecular complexity index is 2530. The number of hydrogen-bond donors (Lipinski definition) is 0. The van der Waals surface area contributed by atoms with Gasteiger partial charge in [0, 0.05) is 38.9 Å². The number of aromatic nitrogens is 2. The predicted molar refractivity (Wildman–Crippen MR) is 186 cm³/mol. The van der Waals surface area contributed by atoms with Gasteiger partial charge in [0.05, 0.1) is 16.7 Å². The minimum Gasteiger partial charge on any atom is -0.455 e. The SMILES string of the molecule is c1ccc(-c2ccc(-c3cc(-c4ccc5ccc6cccnc6c5n4)cc(-c4cccc5c4oc4ccccc45)c3)cc2)cc1. The van der Waals surface area contributed by atoms with Gasteiger partial charge in [0.25, 0.3) is 0 Å². The normalized spacial score (nSPS) is 11.6. The highest BCUT2D eigenvalue weighted by atomic mass is 16.3. The van der Waals surface area contributed by atoms with Crippen LogP contribution >= 0.6 is 0 Å². The van der Waals surface area contributed by atoms with Crippen LogP contribution in [0.5, 0.6) is 0 Å². The van der Waals surface area contributed by atoms with E-state index in [-0.39, 0.29) is 0 Å². The number of pyridine rings is 2.